The fraction of sp³-hybridized carbons (Fsp3) is 0.737. The fourth-order valence-electron chi connectivity index (χ4n) is 3.93. The van der Waals surface area contributed by atoms with Crippen molar-refractivity contribution in [1.82, 2.24) is 15.1 Å². The lowest BCUT2D eigenvalue weighted by Gasteiger charge is -2.34. The van der Waals surface area contributed by atoms with Crippen LogP contribution >= 0.6 is 24.0 Å². The first-order valence-corrected chi connectivity index (χ1v) is 9.32. The minimum absolute atomic E-state index is 0. The molecule has 0 saturated carbocycles. The lowest BCUT2D eigenvalue weighted by Crippen LogP contribution is -2.45. The molecule has 2 aliphatic rings. The maximum absolute atomic E-state index is 5.74. The van der Waals surface area contributed by atoms with Crippen LogP contribution in [0.1, 0.15) is 51.3 Å². The molecule has 1 atom stereocenters. The van der Waals surface area contributed by atoms with Crippen molar-refractivity contribution in [3.8, 4) is 0 Å². The second-order valence-corrected chi connectivity index (χ2v) is 7.89. The third-order valence-corrected chi connectivity index (χ3v) is 5.35. The Hall–Kier alpha value is -0.760. The third kappa shape index (κ3) is 5.36. The molecule has 1 aromatic rings. The number of aliphatic imine (C=N–C) groups is 1. The van der Waals surface area contributed by atoms with Crippen LogP contribution in [0.5, 0.6) is 0 Å². The molecule has 0 amide bonds. The Morgan fingerprint density at radius 1 is 1.28 bits per heavy atom. The second-order valence-electron chi connectivity index (χ2n) is 7.89. The number of guanidine groups is 1. The number of rotatable bonds is 4. The smallest absolute Gasteiger partial charge is 0.193 e. The highest BCUT2D eigenvalue weighted by Crippen LogP contribution is 2.29. The van der Waals surface area contributed by atoms with E-state index in [1.54, 1.807) is 6.26 Å². The van der Waals surface area contributed by atoms with Gasteiger partial charge in [-0.1, -0.05) is 20.3 Å². The molecule has 2 aliphatic heterocycles. The molecule has 3 heterocycles. The van der Waals surface area contributed by atoms with E-state index in [1.165, 1.54) is 25.7 Å². The van der Waals surface area contributed by atoms with E-state index in [0.29, 0.717) is 5.41 Å². The van der Waals surface area contributed by atoms with Gasteiger partial charge in [0.2, 0.25) is 0 Å². The summed E-state index contributed by atoms with van der Waals surface area (Å²) in [6, 6.07) is 4.37. The van der Waals surface area contributed by atoms with Crippen molar-refractivity contribution in [1.29, 1.82) is 0 Å². The highest BCUT2D eigenvalue weighted by Gasteiger charge is 2.31. The molecule has 2 saturated heterocycles. The zero-order valence-corrected chi connectivity index (χ0v) is 18.2. The standard InChI is InChI=1S/C19H32N4O.HI/c1-19(2)9-12-23(15-19)18(20-3)21-14-16(17-8-7-13-24-17)22-10-5-4-6-11-22;/h7-8,13,16H,4-6,9-12,14-15H2,1-3H3,(H,20,21);1H. The van der Waals surface area contributed by atoms with E-state index in [9.17, 15) is 0 Å². The van der Waals surface area contributed by atoms with E-state index in [4.69, 9.17) is 4.42 Å². The molecule has 0 radical (unpaired) electrons. The summed E-state index contributed by atoms with van der Waals surface area (Å²) in [6.07, 6.45) is 6.92. The molecular weight excluding hydrogens is 427 g/mol. The Labute approximate surface area is 169 Å². The van der Waals surface area contributed by atoms with Gasteiger partial charge in [-0.05, 0) is 49.9 Å². The van der Waals surface area contributed by atoms with Gasteiger partial charge in [0.25, 0.3) is 0 Å². The first kappa shape index (κ1) is 20.6. The Morgan fingerprint density at radius 2 is 2.04 bits per heavy atom. The van der Waals surface area contributed by atoms with Crippen molar-refractivity contribution >= 4 is 29.9 Å². The van der Waals surface area contributed by atoms with E-state index in [-0.39, 0.29) is 30.0 Å². The highest BCUT2D eigenvalue weighted by molar-refractivity contribution is 14.0. The molecule has 0 aliphatic carbocycles. The van der Waals surface area contributed by atoms with Crippen LogP contribution in [0.3, 0.4) is 0 Å². The van der Waals surface area contributed by atoms with Gasteiger partial charge in [0.15, 0.2) is 5.96 Å². The second kappa shape index (κ2) is 9.26. The Balaban J connectivity index is 0.00000225. The van der Waals surface area contributed by atoms with E-state index in [0.717, 1.165) is 44.4 Å². The Morgan fingerprint density at radius 3 is 2.60 bits per heavy atom. The number of halogens is 1. The van der Waals surface area contributed by atoms with Gasteiger partial charge in [0.1, 0.15) is 5.76 Å². The molecule has 0 bridgehead atoms. The fourth-order valence-corrected chi connectivity index (χ4v) is 3.93. The van der Waals surface area contributed by atoms with Gasteiger partial charge in [0, 0.05) is 26.7 Å². The van der Waals surface area contributed by atoms with Crippen LogP contribution in [0.2, 0.25) is 0 Å². The third-order valence-electron chi connectivity index (χ3n) is 5.35. The lowest BCUT2D eigenvalue weighted by atomic mass is 9.93. The number of furan rings is 1. The summed E-state index contributed by atoms with van der Waals surface area (Å²) in [6.45, 7) is 9.98. The summed E-state index contributed by atoms with van der Waals surface area (Å²) in [5.41, 5.74) is 0.380. The Kier molecular flexibility index (Phi) is 7.61. The minimum Gasteiger partial charge on any atom is -0.468 e. The molecule has 1 unspecified atom stereocenters. The molecule has 1 aromatic heterocycles. The van der Waals surface area contributed by atoms with E-state index in [1.807, 2.05) is 13.1 Å². The quantitative estimate of drug-likeness (QED) is 0.423. The predicted octanol–water partition coefficient (Wildman–Crippen LogP) is 3.73. The summed E-state index contributed by atoms with van der Waals surface area (Å²) in [5, 5.41) is 3.61. The van der Waals surface area contributed by atoms with Crippen LogP contribution in [-0.2, 0) is 0 Å². The van der Waals surface area contributed by atoms with Crippen LogP contribution in [0.4, 0.5) is 0 Å². The Bertz CT molecular complexity index is 538. The van der Waals surface area contributed by atoms with Crippen molar-refractivity contribution in [3.05, 3.63) is 24.2 Å². The van der Waals surface area contributed by atoms with Crippen LogP contribution < -0.4 is 5.32 Å². The monoisotopic (exact) mass is 460 g/mol. The largest absolute Gasteiger partial charge is 0.468 e. The first-order valence-electron chi connectivity index (χ1n) is 9.32. The molecule has 5 nitrogen and oxygen atoms in total. The normalized spacial score (nSPS) is 22.5. The summed E-state index contributed by atoms with van der Waals surface area (Å²) < 4.78 is 5.74. The molecule has 0 spiro atoms. The summed E-state index contributed by atoms with van der Waals surface area (Å²) in [7, 11) is 1.89. The average molecular weight is 460 g/mol. The molecule has 142 valence electrons. The zero-order chi connectivity index (χ0) is 17.0. The van der Waals surface area contributed by atoms with Crippen LogP contribution in [0, 0.1) is 5.41 Å². The summed E-state index contributed by atoms with van der Waals surface area (Å²) >= 11 is 0. The van der Waals surface area contributed by atoms with E-state index < -0.39 is 0 Å². The van der Waals surface area contributed by atoms with Crippen molar-refractivity contribution in [2.75, 3.05) is 39.8 Å². The zero-order valence-electron chi connectivity index (χ0n) is 15.8. The lowest BCUT2D eigenvalue weighted by molar-refractivity contribution is 0.146. The minimum atomic E-state index is 0. The van der Waals surface area contributed by atoms with Gasteiger partial charge >= 0.3 is 0 Å². The number of piperidine rings is 1. The summed E-state index contributed by atoms with van der Waals surface area (Å²) in [4.78, 5) is 9.45. The molecular formula is C19H33IN4O. The van der Waals surface area contributed by atoms with Gasteiger partial charge in [-0.3, -0.25) is 9.89 Å². The molecule has 3 rings (SSSR count). The molecule has 25 heavy (non-hydrogen) atoms. The van der Waals surface area contributed by atoms with Crippen LogP contribution in [0.15, 0.2) is 27.8 Å². The average Bonchev–Trinajstić information content (AvgIpc) is 3.22. The number of nitrogens with zero attached hydrogens (tertiary/aromatic N) is 3. The van der Waals surface area contributed by atoms with Gasteiger partial charge in [0.05, 0.1) is 12.3 Å². The molecule has 6 heteroatoms. The van der Waals surface area contributed by atoms with Gasteiger partial charge < -0.3 is 14.6 Å². The van der Waals surface area contributed by atoms with Crippen molar-refractivity contribution in [2.45, 2.75) is 45.6 Å². The van der Waals surface area contributed by atoms with Crippen LogP contribution in [-0.4, -0.2) is 55.5 Å². The number of hydrogen-bond acceptors (Lipinski definition) is 3. The maximum atomic E-state index is 5.74. The van der Waals surface area contributed by atoms with E-state index in [2.05, 4.69) is 40.0 Å². The highest BCUT2D eigenvalue weighted by atomic mass is 127. The predicted molar refractivity (Wildman–Crippen MR) is 114 cm³/mol. The summed E-state index contributed by atoms with van der Waals surface area (Å²) in [5.74, 6) is 2.08. The SMILES string of the molecule is CN=C(NCC(c1ccco1)N1CCCCC1)N1CCC(C)(C)C1.I. The van der Waals surface area contributed by atoms with Crippen molar-refractivity contribution in [2.24, 2.45) is 10.4 Å². The number of hydrogen-bond donors (Lipinski definition) is 1. The topological polar surface area (TPSA) is 44.0 Å². The molecule has 1 N–H and O–H groups in total. The number of likely N-dealkylation sites (tertiary alicyclic amines) is 2. The van der Waals surface area contributed by atoms with Crippen LogP contribution in [0.25, 0.3) is 0 Å². The van der Waals surface area contributed by atoms with E-state index >= 15 is 0 Å². The van der Waals surface area contributed by atoms with Crippen molar-refractivity contribution in [3.63, 3.8) is 0 Å². The molecule has 2 fully saturated rings. The first-order chi connectivity index (χ1) is 11.6. The van der Waals surface area contributed by atoms with Gasteiger partial charge in [-0.15, -0.1) is 24.0 Å². The number of nitrogens with one attached hydrogen (secondary N) is 1. The molecule has 0 aromatic carbocycles. The maximum Gasteiger partial charge on any atom is 0.193 e. The van der Waals surface area contributed by atoms with Gasteiger partial charge in [-0.2, -0.15) is 0 Å². The van der Waals surface area contributed by atoms with Crippen molar-refractivity contribution < 1.29 is 4.42 Å². The van der Waals surface area contributed by atoms with Gasteiger partial charge in [-0.25, -0.2) is 0 Å².